The highest BCUT2D eigenvalue weighted by atomic mass is 19.4. The van der Waals surface area contributed by atoms with E-state index < -0.39 is 57.8 Å². The first-order chi connectivity index (χ1) is 38.9. The normalized spacial score (nSPS) is 15.5. The molecule has 0 unspecified atom stereocenters. The van der Waals surface area contributed by atoms with E-state index in [0.29, 0.717) is 139 Å². The van der Waals surface area contributed by atoms with Crippen molar-refractivity contribution < 1.29 is 52.7 Å². The number of aromatic nitrogens is 4. The second-order valence-electron chi connectivity index (χ2n) is 22.0. The molecule has 4 aromatic heterocycles. The van der Waals surface area contributed by atoms with Gasteiger partial charge in [-0.1, -0.05) is 24.3 Å². The first-order valence-corrected chi connectivity index (χ1v) is 27.5. The molecule has 0 radical (unpaired) electrons. The molecule has 0 saturated heterocycles. The van der Waals surface area contributed by atoms with Crippen molar-refractivity contribution in [2.45, 2.75) is 115 Å². The van der Waals surface area contributed by atoms with Crippen molar-refractivity contribution in [1.82, 2.24) is 18.3 Å². The molecule has 0 amide bonds. The fourth-order valence-corrected chi connectivity index (χ4v) is 14.3. The summed E-state index contributed by atoms with van der Waals surface area (Å²) < 4.78 is 182. The van der Waals surface area contributed by atoms with Crippen LogP contribution in [0.5, 0.6) is 0 Å². The van der Waals surface area contributed by atoms with Gasteiger partial charge in [0.05, 0.1) is 22.3 Å². The molecule has 13 rings (SSSR count). The number of rotatable bonds is 8. The molecule has 0 aliphatic heterocycles. The largest absolute Gasteiger partial charge is 0.416 e. The number of aryl methyl sites for hydroxylation is 4. The average molecular weight is 1130 g/mol. The molecule has 0 N–H and O–H groups in total. The predicted molar refractivity (Wildman–Crippen MR) is 301 cm³/mol. The Hall–Kier alpha value is -7.88. The van der Waals surface area contributed by atoms with Gasteiger partial charge >= 0.3 is 24.7 Å². The van der Waals surface area contributed by atoms with E-state index in [1.54, 1.807) is 0 Å². The van der Waals surface area contributed by atoms with Crippen molar-refractivity contribution in [3.63, 3.8) is 0 Å². The molecule has 4 heterocycles. The molecule has 1 saturated carbocycles. The van der Waals surface area contributed by atoms with Gasteiger partial charge in [0, 0.05) is 124 Å². The molecule has 12 aromatic rings. The highest BCUT2D eigenvalue weighted by Gasteiger charge is 2.48. The van der Waals surface area contributed by atoms with E-state index in [1.165, 1.54) is 48.5 Å². The lowest BCUT2D eigenvalue weighted by molar-refractivity contribution is -0.138. The lowest BCUT2D eigenvalue weighted by atomic mass is 9.55. The second-order valence-corrected chi connectivity index (χ2v) is 22.0. The van der Waals surface area contributed by atoms with Gasteiger partial charge in [-0.15, -0.1) is 0 Å². The topological polar surface area (TPSA) is 19.7 Å². The fraction of sp³-hybridized carbons (Fsp3) is 0.273. The average Bonchev–Trinajstić information content (AvgIpc) is 4.28. The van der Waals surface area contributed by atoms with Crippen molar-refractivity contribution in [2.75, 3.05) is 0 Å². The molecule has 8 aromatic carbocycles. The van der Waals surface area contributed by atoms with E-state index in [-0.39, 0.29) is 0 Å². The quantitative estimate of drug-likeness (QED) is 0.135. The highest BCUT2D eigenvalue weighted by molar-refractivity contribution is 6.12. The monoisotopic (exact) mass is 1130 g/mol. The second kappa shape index (κ2) is 18.3. The molecule has 1 aliphatic carbocycles. The van der Waals surface area contributed by atoms with E-state index in [2.05, 4.69) is 0 Å². The number of benzene rings is 8. The Balaban J connectivity index is 1.08. The van der Waals surface area contributed by atoms with Crippen molar-refractivity contribution >= 4 is 87.2 Å². The maximum atomic E-state index is 14.5. The van der Waals surface area contributed by atoms with Crippen LogP contribution < -0.4 is 0 Å². The van der Waals surface area contributed by atoms with Crippen LogP contribution in [0.1, 0.15) is 97.9 Å². The first kappa shape index (κ1) is 53.4. The number of alkyl halides is 12. The predicted octanol–water partition coefficient (Wildman–Crippen LogP) is 20.1. The van der Waals surface area contributed by atoms with Gasteiger partial charge in [0.2, 0.25) is 0 Å². The number of nitrogens with zero attached hydrogens (tertiary/aromatic N) is 4. The van der Waals surface area contributed by atoms with Crippen molar-refractivity contribution in [3.8, 4) is 0 Å². The van der Waals surface area contributed by atoms with E-state index in [0.717, 1.165) is 46.5 Å². The summed E-state index contributed by atoms with van der Waals surface area (Å²) in [5.74, 6) is 0. The minimum atomic E-state index is -4.64. The van der Waals surface area contributed by atoms with E-state index in [9.17, 15) is 52.7 Å². The minimum absolute atomic E-state index is 0.338. The van der Waals surface area contributed by atoms with E-state index in [1.807, 2.05) is 119 Å². The smallest absolute Gasteiger partial charge is 0.341 e. The van der Waals surface area contributed by atoms with Gasteiger partial charge in [-0.2, -0.15) is 52.7 Å². The third-order valence-electron chi connectivity index (χ3n) is 18.2. The zero-order valence-corrected chi connectivity index (χ0v) is 44.8. The molecule has 16 heteroatoms. The number of halogens is 12. The zero-order valence-electron chi connectivity index (χ0n) is 44.8. The number of hydrogen-bond donors (Lipinski definition) is 0. The summed E-state index contributed by atoms with van der Waals surface area (Å²) >= 11 is 0. The third-order valence-corrected chi connectivity index (χ3v) is 18.2. The summed E-state index contributed by atoms with van der Waals surface area (Å²) in [6.07, 6.45) is -17.2. The van der Waals surface area contributed by atoms with Crippen LogP contribution in [-0.4, -0.2) is 18.3 Å². The lowest BCUT2D eigenvalue weighted by Gasteiger charge is -2.48. The van der Waals surface area contributed by atoms with Crippen LogP contribution >= 0.6 is 0 Å². The Morgan fingerprint density at radius 1 is 0.268 bits per heavy atom. The third kappa shape index (κ3) is 7.96. The molecular formula is C66H52F12N4. The summed E-state index contributed by atoms with van der Waals surface area (Å²) in [4.78, 5) is 0. The maximum absolute atomic E-state index is 14.5. The maximum Gasteiger partial charge on any atom is 0.416 e. The van der Waals surface area contributed by atoms with Crippen LogP contribution in [-0.2, 0) is 61.7 Å². The van der Waals surface area contributed by atoms with E-state index in [4.69, 9.17) is 0 Å². The Morgan fingerprint density at radius 2 is 0.439 bits per heavy atom. The van der Waals surface area contributed by atoms with Gasteiger partial charge in [-0.05, 0) is 197 Å². The van der Waals surface area contributed by atoms with Crippen LogP contribution in [0.25, 0.3) is 87.2 Å². The van der Waals surface area contributed by atoms with Crippen molar-refractivity contribution in [2.24, 2.45) is 0 Å². The van der Waals surface area contributed by atoms with Crippen LogP contribution in [0.15, 0.2) is 146 Å². The summed E-state index contributed by atoms with van der Waals surface area (Å²) in [6, 6.07) is 38.3. The van der Waals surface area contributed by atoms with Gasteiger partial charge < -0.3 is 18.3 Å². The minimum Gasteiger partial charge on any atom is -0.341 e. The summed E-state index contributed by atoms with van der Waals surface area (Å²) in [7, 11) is 0. The summed E-state index contributed by atoms with van der Waals surface area (Å²) in [5, 5.41) is 3.94. The standard InChI is InChI=1S/C66H52F12N4/c1-5-79-53-17-9-37(29-45(53)49-33-41(63(67,68)69)13-21-57(49)79)61(38-10-18-54-46(30-38)50-34-42(64(70,71)72)14-22-58(50)80(54)6-2)25-27-62(28-26-61,39-11-19-55-47(31-39)51-35-43(65(73,74)75)15-23-59(51)81(55)7-3)40-12-20-56-48(32-40)52-36-44(66(76,77)78)16-24-60(52)82(56)8-4/h9-24,29-36H,5-8,25-28H2,1-4H3. The van der Waals surface area contributed by atoms with Crippen LogP contribution in [0.4, 0.5) is 52.7 Å². The molecule has 1 fully saturated rings. The highest BCUT2D eigenvalue weighted by Crippen LogP contribution is 2.57. The van der Waals surface area contributed by atoms with Crippen LogP contribution in [0.3, 0.4) is 0 Å². The van der Waals surface area contributed by atoms with Gasteiger partial charge in [0.25, 0.3) is 0 Å². The number of hydrogen-bond acceptors (Lipinski definition) is 0. The molecule has 0 atom stereocenters. The Labute approximate surface area is 461 Å². The zero-order chi connectivity index (χ0) is 57.8. The lowest BCUT2D eigenvalue weighted by Crippen LogP contribution is -2.41. The van der Waals surface area contributed by atoms with Crippen LogP contribution in [0.2, 0.25) is 0 Å². The molecule has 4 nitrogen and oxygen atoms in total. The molecule has 0 bridgehead atoms. The van der Waals surface area contributed by atoms with Crippen LogP contribution in [0, 0.1) is 0 Å². The summed E-state index contributed by atoms with van der Waals surface area (Å²) in [6.45, 7) is 9.47. The van der Waals surface area contributed by atoms with E-state index >= 15 is 0 Å². The Morgan fingerprint density at radius 3 is 0.610 bits per heavy atom. The first-order valence-electron chi connectivity index (χ1n) is 27.5. The van der Waals surface area contributed by atoms with Crippen molar-refractivity contribution in [3.05, 3.63) is 190 Å². The molecule has 1 aliphatic rings. The molecule has 0 spiro atoms. The van der Waals surface area contributed by atoms with Gasteiger partial charge in [0.1, 0.15) is 0 Å². The SMILES string of the molecule is CCn1c2ccc(C(F)(F)F)cc2c2cc(C3(c4ccc5c(c4)c4cc(C(F)(F)F)ccc4n5CC)CCC(c4ccc5c(c4)c4cc(C(F)(F)F)ccc4n5CC)(c4ccc5c(c4)c4cc(C(F)(F)F)ccc4n5CC)CC3)ccc21. The fourth-order valence-electron chi connectivity index (χ4n) is 14.3. The Bertz CT molecular complexity index is 4010. The molecule has 420 valence electrons. The Kier molecular flexibility index (Phi) is 11.9. The van der Waals surface area contributed by atoms with Gasteiger partial charge in [-0.25, -0.2) is 0 Å². The van der Waals surface area contributed by atoms with Gasteiger partial charge in [-0.3, -0.25) is 0 Å². The van der Waals surface area contributed by atoms with Crippen molar-refractivity contribution in [1.29, 1.82) is 0 Å². The summed E-state index contributed by atoms with van der Waals surface area (Å²) in [5.41, 5.74) is 3.16. The molecular weight excluding hydrogens is 1080 g/mol. The number of fused-ring (bicyclic) bond motifs is 12. The molecule has 82 heavy (non-hydrogen) atoms. The van der Waals surface area contributed by atoms with Gasteiger partial charge in [0.15, 0.2) is 0 Å².